The maximum absolute atomic E-state index is 12.2. The van der Waals surface area contributed by atoms with Gasteiger partial charge < -0.3 is 24.4 Å². The predicted molar refractivity (Wildman–Crippen MR) is 104 cm³/mol. The monoisotopic (exact) mass is 393 g/mol. The Labute approximate surface area is 163 Å². The van der Waals surface area contributed by atoms with E-state index in [0.717, 1.165) is 11.1 Å². The number of nitrogens with zero attached hydrogens (tertiary/aromatic N) is 2. The Hall–Kier alpha value is -3.03. The zero-order valence-electron chi connectivity index (χ0n) is 16.4. The molecule has 2 aromatic rings. The number of rotatable bonds is 8. The highest BCUT2D eigenvalue weighted by molar-refractivity contribution is 5.79. The number of guanidine groups is 1. The molecular weight excluding hydrogens is 368 g/mol. The van der Waals surface area contributed by atoms with Crippen LogP contribution in [0.2, 0.25) is 0 Å². The maximum atomic E-state index is 12.2. The standard InChI is InChI=1S/C20H25F2N3O3/c1-23-20(24-12-15-6-5-7-17(26-3)18(15)27-4)25(2)13-14-8-10-16(11-9-14)28-19(21)22/h5-11,19H,12-13H2,1-4H3,(H,23,24). The molecule has 6 nitrogen and oxygen atoms in total. The van der Waals surface area contributed by atoms with Crippen molar-refractivity contribution < 1.29 is 23.0 Å². The summed E-state index contributed by atoms with van der Waals surface area (Å²) >= 11 is 0. The van der Waals surface area contributed by atoms with Crippen molar-refractivity contribution in [2.45, 2.75) is 19.7 Å². The van der Waals surface area contributed by atoms with Crippen molar-refractivity contribution in [3.8, 4) is 17.2 Å². The number of alkyl halides is 2. The molecule has 0 fully saturated rings. The minimum atomic E-state index is -2.83. The van der Waals surface area contributed by atoms with Gasteiger partial charge in [0.15, 0.2) is 17.5 Å². The number of methoxy groups -OCH3 is 2. The first kappa shape index (κ1) is 21.3. The zero-order chi connectivity index (χ0) is 20.5. The normalized spacial score (nSPS) is 11.3. The Bertz CT molecular complexity index is 783. The number of ether oxygens (including phenoxy) is 3. The lowest BCUT2D eigenvalue weighted by Crippen LogP contribution is -2.38. The van der Waals surface area contributed by atoms with Crippen LogP contribution >= 0.6 is 0 Å². The largest absolute Gasteiger partial charge is 0.493 e. The minimum Gasteiger partial charge on any atom is -0.493 e. The SMILES string of the molecule is CN=C(NCc1cccc(OC)c1OC)N(C)Cc1ccc(OC(F)F)cc1. The molecule has 0 amide bonds. The van der Waals surface area contributed by atoms with Gasteiger partial charge in [-0.2, -0.15) is 8.78 Å². The molecule has 0 heterocycles. The maximum Gasteiger partial charge on any atom is 0.387 e. The fourth-order valence-electron chi connectivity index (χ4n) is 2.78. The smallest absolute Gasteiger partial charge is 0.387 e. The first-order chi connectivity index (χ1) is 13.5. The Morgan fingerprint density at radius 2 is 1.82 bits per heavy atom. The highest BCUT2D eigenvalue weighted by atomic mass is 19.3. The van der Waals surface area contributed by atoms with Gasteiger partial charge in [-0.25, -0.2) is 0 Å². The number of benzene rings is 2. The highest BCUT2D eigenvalue weighted by Crippen LogP contribution is 2.30. The van der Waals surface area contributed by atoms with E-state index in [-0.39, 0.29) is 5.75 Å². The van der Waals surface area contributed by atoms with Gasteiger partial charge in [0.25, 0.3) is 0 Å². The van der Waals surface area contributed by atoms with Crippen molar-refractivity contribution in [1.82, 2.24) is 10.2 Å². The highest BCUT2D eigenvalue weighted by Gasteiger charge is 2.12. The summed E-state index contributed by atoms with van der Waals surface area (Å²) in [5, 5.41) is 3.29. The van der Waals surface area contributed by atoms with Crippen molar-refractivity contribution in [3.63, 3.8) is 0 Å². The van der Waals surface area contributed by atoms with E-state index in [1.807, 2.05) is 30.1 Å². The molecule has 0 saturated heterocycles. The summed E-state index contributed by atoms with van der Waals surface area (Å²) in [5.41, 5.74) is 1.87. The lowest BCUT2D eigenvalue weighted by atomic mass is 10.2. The molecular formula is C20H25F2N3O3. The molecule has 1 N–H and O–H groups in total. The second kappa shape index (κ2) is 10.3. The van der Waals surface area contributed by atoms with Gasteiger partial charge in [-0.3, -0.25) is 4.99 Å². The van der Waals surface area contributed by atoms with Gasteiger partial charge >= 0.3 is 6.61 Å². The molecule has 8 heteroatoms. The van der Waals surface area contributed by atoms with E-state index in [9.17, 15) is 8.78 Å². The van der Waals surface area contributed by atoms with Crippen LogP contribution in [0.4, 0.5) is 8.78 Å². The van der Waals surface area contributed by atoms with Gasteiger partial charge in [0.1, 0.15) is 5.75 Å². The van der Waals surface area contributed by atoms with Crippen LogP contribution in [0.15, 0.2) is 47.5 Å². The summed E-state index contributed by atoms with van der Waals surface area (Å²) in [5.74, 6) is 2.15. The van der Waals surface area contributed by atoms with Crippen molar-refractivity contribution in [3.05, 3.63) is 53.6 Å². The molecule has 0 radical (unpaired) electrons. The molecule has 0 spiro atoms. The third-order valence-electron chi connectivity index (χ3n) is 4.06. The molecule has 0 aliphatic rings. The van der Waals surface area contributed by atoms with Gasteiger partial charge in [0.2, 0.25) is 0 Å². The van der Waals surface area contributed by atoms with Crippen LogP contribution in [-0.2, 0) is 13.1 Å². The van der Waals surface area contributed by atoms with Crippen molar-refractivity contribution >= 4 is 5.96 Å². The molecule has 0 atom stereocenters. The van der Waals surface area contributed by atoms with E-state index < -0.39 is 6.61 Å². The van der Waals surface area contributed by atoms with E-state index >= 15 is 0 Å². The van der Waals surface area contributed by atoms with Gasteiger partial charge in [0.05, 0.1) is 14.2 Å². The first-order valence-corrected chi connectivity index (χ1v) is 8.63. The van der Waals surface area contributed by atoms with Gasteiger partial charge in [-0.1, -0.05) is 24.3 Å². The topological polar surface area (TPSA) is 55.3 Å². The summed E-state index contributed by atoms with van der Waals surface area (Å²) in [7, 11) is 6.78. The number of halogens is 2. The van der Waals surface area contributed by atoms with Crippen LogP contribution in [0.1, 0.15) is 11.1 Å². The summed E-state index contributed by atoms with van der Waals surface area (Å²) in [6.07, 6.45) is 0. The van der Waals surface area contributed by atoms with Crippen molar-refractivity contribution in [2.24, 2.45) is 4.99 Å². The molecule has 0 saturated carbocycles. The summed E-state index contributed by atoms with van der Waals surface area (Å²) < 4.78 is 39.6. The van der Waals surface area contributed by atoms with E-state index in [4.69, 9.17) is 9.47 Å². The van der Waals surface area contributed by atoms with Crippen LogP contribution in [-0.4, -0.2) is 45.8 Å². The second-order valence-electron chi connectivity index (χ2n) is 5.93. The van der Waals surface area contributed by atoms with Gasteiger partial charge in [0, 0.05) is 32.7 Å². The zero-order valence-corrected chi connectivity index (χ0v) is 16.4. The molecule has 28 heavy (non-hydrogen) atoms. The van der Waals surface area contributed by atoms with Crippen LogP contribution in [0.5, 0.6) is 17.2 Å². The molecule has 0 aliphatic heterocycles. The number of nitrogens with one attached hydrogen (secondary N) is 1. The van der Waals surface area contributed by atoms with Crippen LogP contribution < -0.4 is 19.5 Å². The molecule has 0 unspecified atom stereocenters. The van der Waals surface area contributed by atoms with E-state index in [1.54, 1.807) is 33.4 Å². The summed E-state index contributed by atoms with van der Waals surface area (Å²) in [6.45, 7) is -1.78. The van der Waals surface area contributed by atoms with Gasteiger partial charge in [-0.05, 0) is 23.8 Å². The molecule has 2 rings (SSSR count). The fraction of sp³-hybridized carbons (Fsp3) is 0.350. The number of hydrogen-bond donors (Lipinski definition) is 1. The van der Waals surface area contributed by atoms with Crippen LogP contribution in [0.3, 0.4) is 0 Å². The quantitative estimate of drug-likeness (QED) is 0.549. The lowest BCUT2D eigenvalue weighted by molar-refractivity contribution is -0.0498. The third-order valence-corrected chi connectivity index (χ3v) is 4.06. The van der Waals surface area contributed by atoms with E-state index in [2.05, 4.69) is 15.0 Å². The molecule has 152 valence electrons. The Kier molecular flexibility index (Phi) is 7.86. The second-order valence-corrected chi connectivity index (χ2v) is 5.93. The van der Waals surface area contributed by atoms with E-state index in [1.165, 1.54) is 12.1 Å². The number of aliphatic imine (C=N–C) groups is 1. The van der Waals surface area contributed by atoms with E-state index in [0.29, 0.717) is 30.5 Å². The van der Waals surface area contributed by atoms with Crippen molar-refractivity contribution in [2.75, 3.05) is 28.3 Å². The predicted octanol–water partition coefficient (Wildman–Crippen LogP) is 3.51. The summed E-state index contributed by atoms with van der Waals surface area (Å²) in [6, 6.07) is 12.2. The molecule has 0 bridgehead atoms. The van der Waals surface area contributed by atoms with Crippen LogP contribution in [0.25, 0.3) is 0 Å². The molecule has 2 aromatic carbocycles. The Morgan fingerprint density at radius 1 is 1.11 bits per heavy atom. The number of para-hydroxylation sites is 1. The third kappa shape index (κ3) is 5.73. The molecule has 0 aliphatic carbocycles. The average Bonchev–Trinajstić information content (AvgIpc) is 2.69. The number of hydrogen-bond acceptors (Lipinski definition) is 4. The van der Waals surface area contributed by atoms with Gasteiger partial charge in [-0.15, -0.1) is 0 Å². The first-order valence-electron chi connectivity index (χ1n) is 8.63. The van der Waals surface area contributed by atoms with Crippen molar-refractivity contribution in [1.29, 1.82) is 0 Å². The van der Waals surface area contributed by atoms with Crippen LogP contribution in [0, 0.1) is 0 Å². The lowest BCUT2D eigenvalue weighted by Gasteiger charge is -2.23. The Morgan fingerprint density at radius 3 is 2.39 bits per heavy atom. The fourth-order valence-corrected chi connectivity index (χ4v) is 2.78. The average molecular weight is 393 g/mol. The minimum absolute atomic E-state index is 0.133. The summed E-state index contributed by atoms with van der Waals surface area (Å²) in [4.78, 5) is 6.22. The molecule has 0 aromatic heterocycles. The Balaban J connectivity index is 2.00.